The molecule has 11 heavy (non-hydrogen) atoms. The van der Waals surface area contributed by atoms with E-state index in [4.69, 9.17) is 0 Å². The molecule has 3 heteroatoms. The monoisotopic (exact) mass is 156 g/mol. The van der Waals surface area contributed by atoms with Crippen LogP contribution in [0.1, 0.15) is 6.42 Å². The number of fused-ring (bicyclic) bond motifs is 1. The van der Waals surface area contributed by atoms with Crippen LogP contribution >= 0.6 is 0 Å². The van der Waals surface area contributed by atoms with Crippen molar-refractivity contribution in [3.63, 3.8) is 0 Å². The number of piperidine rings is 1. The summed E-state index contributed by atoms with van der Waals surface area (Å²) in [5, 5.41) is 16.0. The van der Waals surface area contributed by atoms with Gasteiger partial charge in [-0.3, -0.25) is 0 Å². The van der Waals surface area contributed by atoms with Crippen LogP contribution < -0.4 is 10.6 Å². The third-order valence-electron chi connectivity index (χ3n) is 3.24. The lowest BCUT2D eigenvalue weighted by atomic mass is 9.74. The fourth-order valence-electron chi connectivity index (χ4n) is 2.32. The second kappa shape index (κ2) is 2.73. The molecule has 0 amide bonds. The van der Waals surface area contributed by atoms with E-state index >= 15 is 0 Å². The molecule has 2 unspecified atom stereocenters. The van der Waals surface area contributed by atoms with Gasteiger partial charge in [0, 0.05) is 12.0 Å². The van der Waals surface area contributed by atoms with E-state index in [0.29, 0.717) is 12.5 Å². The standard InChI is InChI=1S/C8H16N2O/c11-6-8-1-2-9-3-7(8)4-10-5-8/h7,9-11H,1-6H2. The number of hydrogen-bond acceptors (Lipinski definition) is 3. The Morgan fingerprint density at radius 3 is 2.91 bits per heavy atom. The van der Waals surface area contributed by atoms with Crippen molar-refractivity contribution < 1.29 is 5.11 Å². The van der Waals surface area contributed by atoms with Gasteiger partial charge in [0.1, 0.15) is 0 Å². The highest BCUT2D eigenvalue weighted by Crippen LogP contribution is 2.35. The minimum absolute atomic E-state index is 0.214. The Morgan fingerprint density at radius 2 is 2.18 bits per heavy atom. The van der Waals surface area contributed by atoms with E-state index < -0.39 is 0 Å². The molecule has 2 aliphatic heterocycles. The van der Waals surface area contributed by atoms with Crippen LogP contribution in [0.15, 0.2) is 0 Å². The second-order valence-electron chi connectivity index (χ2n) is 3.80. The molecule has 64 valence electrons. The summed E-state index contributed by atoms with van der Waals surface area (Å²) in [7, 11) is 0. The van der Waals surface area contributed by atoms with Crippen LogP contribution in [0.3, 0.4) is 0 Å². The largest absolute Gasteiger partial charge is 0.396 e. The maximum atomic E-state index is 9.28. The van der Waals surface area contributed by atoms with Gasteiger partial charge in [0.05, 0.1) is 6.61 Å². The molecule has 2 fully saturated rings. The highest BCUT2D eigenvalue weighted by Gasteiger charge is 2.43. The molecule has 0 aromatic rings. The average Bonchev–Trinajstić information content (AvgIpc) is 2.48. The zero-order valence-electron chi connectivity index (χ0n) is 6.77. The summed E-state index contributed by atoms with van der Waals surface area (Å²) in [5.41, 5.74) is 0.214. The number of hydrogen-bond donors (Lipinski definition) is 3. The molecule has 0 radical (unpaired) electrons. The lowest BCUT2D eigenvalue weighted by molar-refractivity contribution is 0.0708. The van der Waals surface area contributed by atoms with E-state index in [1.54, 1.807) is 0 Å². The molecule has 3 N–H and O–H groups in total. The minimum atomic E-state index is 0.214. The van der Waals surface area contributed by atoms with Gasteiger partial charge in [-0.1, -0.05) is 0 Å². The van der Waals surface area contributed by atoms with Gasteiger partial charge in [0.2, 0.25) is 0 Å². The summed E-state index contributed by atoms with van der Waals surface area (Å²) in [6.07, 6.45) is 1.13. The highest BCUT2D eigenvalue weighted by molar-refractivity contribution is 4.98. The normalized spacial score (nSPS) is 43.9. The van der Waals surface area contributed by atoms with Crippen molar-refractivity contribution in [3.05, 3.63) is 0 Å². The maximum Gasteiger partial charge on any atom is 0.0503 e. The fourth-order valence-corrected chi connectivity index (χ4v) is 2.32. The molecule has 0 bridgehead atoms. The van der Waals surface area contributed by atoms with E-state index in [1.807, 2.05) is 0 Å². The predicted octanol–water partition coefficient (Wildman–Crippen LogP) is -0.822. The van der Waals surface area contributed by atoms with Crippen LogP contribution in [0.4, 0.5) is 0 Å². The van der Waals surface area contributed by atoms with Gasteiger partial charge in [0.15, 0.2) is 0 Å². The molecular formula is C8H16N2O. The molecule has 2 aliphatic rings. The van der Waals surface area contributed by atoms with Crippen LogP contribution in [0.5, 0.6) is 0 Å². The molecule has 2 saturated heterocycles. The SMILES string of the molecule is OCC12CCNCC1CNC2. The molecule has 0 aromatic carbocycles. The van der Waals surface area contributed by atoms with Crippen LogP contribution in [-0.2, 0) is 0 Å². The first-order chi connectivity index (χ1) is 5.37. The van der Waals surface area contributed by atoms with Crippen LogP contribution in [0, 0.1) is 11.3 Å². The molecule has 3 nitrogen and oxygen atoms in total. The third-order valence-corrected chi connectivity index (χ3v) is 3.24. The predicted molar refractivity (Wildman–Crippen MR) is 43.4 cm³/mol. The first-order valence-corrected chi connectivity index (χ1v) is 4.40. The van der Waals surface area contributed by atoms with Gasteiger partial charge in [0.25, 0.3) is 0 Å². The van der Waals surface area contributed by atoms with Gasteiger partial charge in [-0.15, -0.1) is 0 Å². The molecule has 0 aromatic heterocycles. The van der Waals surface area contributed by atoms with E-state index in [2.05, 4.69) is 10.6 Å². The van der Waals surface area contributed by atoms with E-state index in [0.717, 1.165) is 32.6 Å². The quantitative estimate of drug-likeness (QED) is 0.464. The van der Waals surface area contributed by atoms with Crippen LogP contribution in [0.25, 0.3) is 0 Å². The molecule has 0 spiro atoms. The summed E-state index contributed by atoms with van der Waals surface area (Å²) in [5.74, 6) is 0.654. The van der Waals surface area contributed by atoms with Crippen molar-refractivity contribution in [2.45, 2.75) is 6.42 Å². The van der Waals surface area contributed by atoms with E-state index in [1.165, 1.54) is 0 Å². The van der Waals surface area contributed by atoms with Crippen molar-refractivity contribution >= 4 is 0 Å². The van der Waals surface area contributed by atoms with Crippen molar-refractivity contribution in [2.24, 2.45) is 11.3 Å². The summed E-state index contributed by atoms with van der Waals surface area (Å²) in [4.78, 5) is 0. The van der Waals surface area contributed by atoms with E-state index in [-0.39, 0.29) is 5.41 Å². The molecule has 2 atom stereocenters. The first-order valence-electron chi connectivity index (χ1n) is 4.40. The van der Waals surface area contributed by atoms with Crippen LogP contribution in [0.2, 0.25) is 0 Å². The number of rotatable bonds is 1. The van der Waals surface area contributed by atoms with Gasteiger partial charge >= 0.3 is 0 Å². The fraction of sp³-hybridized carbons (Fsp3) is 1.00. The molecular weight excluding hydrogens is 140 g/mol. The zero-order chi connectivity index (χ0) is 7.73. The Kier molecular flexibility index (Phi) is 1.87. The Morgan fingerprint density at radius 1 is 1.36 bits per heavy atom. The number of aliphatic hydroxyl groups excluding tert-OH is 1. The molecule has 0 saturated carbocycles. The Bertz CT molecular complexity index is 151. The summed E-state index contributed by atoms with van der Waals surface area (Å²) in [6, 6.07) is 0. The highest BCUT2D eigenvalue weighted by atomic mass is 16.3. The lowest BCUT2D eigenvalue weighted by Gasteiger charge is -2.37. The number of aliphatic hydroxyl groups is 1. The first kappa shape index (κ1) is 7.53. The van der Waals surface area contributed by atoms with Gasteiger partial charge in [-0.2, -0.15) is 0 Å². The smallest absolute Gasteiger partial charge is 0.0503 e. The Balaban J connectivity index is 2.12. The van der Waals surface area contributed by atoms with Crippen molar-refractivity contribution in [3.8, 4) is 0 Å². The minimum Gasteiger partial charge on any atom is -0.396 e. The lowest BCUT2D eigenvalue weighted by Crippen LogP contribution is -2.46. The number of nitrogens with one attached hydrogen (secondary N) is 2. The van der Waals surface area contributed by atoms with Gasteiger partial charge in [-0.25, -0.2) is 0 Å². The Labute approximate surface area is 67.2 Å². The van der Waals surface area contributed by atoms with Crippen molar-refractivity contribution in [2.75, 3.05) is 32.8 Å². The van der Waals surface area contributed by atoms with E-state index in [9.17, 15) is 5.11 Å². The molecule has 0 aliphatic carbocycles. The van der Waals surface area contributed by atoms with Gasteiger partial charge in [-0.05, 0) is 32.0 Å². The maximum absolute atomic E-state index is 9.28. The van der Waals surface area contributed by atoms with Crippen molar-refractivity contribution in [1.82, 2.24) is 10.6 Å². The van der Waals surface area contributed by atoms with Gasteiger partial charge < -0.3 is 15.7 Å². The summed E-state index contributed by atoms with van der Waals surface area (Å²) >= 11 is 0. The summed E-state index contributed by atoms with van der Waals surface area (Å²) < 4.78 is 0. The van der Waals surface area contributed by atoms with Crippen molar-refractivity contribution in [1.29, 1.82) is 0 Å². The second-order valence-corrected chi connectivity index (χ2v) is 3.80. The molecule has 2 heterocycles. The topological polar surface area (TPSA) is 44.3 Å². The third kappa shape index (κ3) is 1.08. The van der Waals surface area contributed by atoms with Crippen LogP contribution in [-0.4, -0.2) is 37.9 Å². The Hall–Kier alpha value is -0.120. The zero-order valence-corrected chi connectivity index (χ0v) is 6.77. The summed E-state index contributed by atoms with van der Waals surface area (Å²) in [6.45, 7) is 4.59. The average molecular weight is 156 g/mol. The molecule has 2 rings (SSSR count).